The average Bonchev–Trinajstić information content (AvgIpc) is 3.18. The summed E-state index contributed by atoms with van der Waals surface area (Å²) in [5, 5.41) is 10.1. The normalized spacial score (nSPS) is 16.1. The Morgan fingerprint density at radius 3 is 2.95 bits per heavy atom. The van der Waals surface area contributed by atoms with Gasteiger partial charge in [-0.15, -0.1) is 0 Å². The van der Waals surface area contributed by atoms with Gasteiger partial charge in [0.1, 0.15) is 12.4 Å². The van der Waals surface area contributed by atoms with E-state index in [4.69, 9.17) is 4.74 Å². The first-order chi connectivity index (χ1) is 9.72. The number of nitrogens with zero attached hydrogens (tertiary/aromatic N) is 1. The van der Waals surface area contributed by atoms with Gasteiger partial charge in [0.25, 0.3) is 0 Å². The van der Waals surface area contributed by atoms with Crippen LogP contribution in [0.5, 0.6) is 5.75 Å². The van der Waals surface area contributed by atoms with E-state index in [2.05, 4.69) is 20.5 Å². The van der Waals surface area contributed by atoms with Crippen molar-refractivity contribution in [3.05, 3.63) is 52.8 Å². The van der Waals surface area contributed by atoms with E-state index in [1.54, 1.807) is 0 Å². The van der Waals surface area contributed by atoms with Gasteiger partial charge in [0.05, 0.1) is 12.6 Å². The summed E-state index contributed by atoms with van der Waals surface area (Å²) in [5.41, 5.74) is 1.02. The average molecular weight is 336 g/mol. The molecule has 2 aromatic rings. The Morgan fingerprint density at radius 2 is 2.20 bits per heavy atom. The van der Waals surface area contributed by atoms with Crippen molar-refractivity contribution in [1.82, 2.24) is 4.57 Å². The molecule has 1 aromatic heterocycles. The standard InChI is InChI=1S/C16H18BrNO2/c17-14-2-1-3-15(10-14)20-9-8-18-7-6-13(11-18)16(19)12-4-5-12/h1-3,6-7,10-12,16,19H,4-5,8-9H2. The molecule has 1 aromatic carbocycles. The van der Waals surface area contributed by atoms with Gasteiger partial charge in [-0.1, -0.05) is 22.0 Å². The molecule has 0 aliphatic heterocycles. The fourth-order valence-corrected chi connectivity index (χ4v) is 2.66. The number of hydrogen-bond donors (Lipinski definition) is 1. The van der Waals surface area contributed by atoms with Crippen molar-refractivity contribution in [3.8, 4) is 5.75 Å². The molecule has 0 radical (unpaired) electrons. The van der Waals surface area contributed by atoms with Gasteiger partial charge in [0.15, 0.2) is 0 Å². The molecule has 3 nitrogen and oxygen atoms in total. The number of aromatic nitrogens is 1. The molecule has 0 bridgehead atoms. The Morgan fingerprint density at radius 1 is 1.35 bits per heavy atom. The zero-order valence-electron chi connectivity index (χ0n) is 11.2. The van der Waals surface area contributed by atoms with E-state index in [-0.39, 0.29) is 6.10 Å². The molecule has 1 aliphatic carbocycles. The number of aliphatic hydroxyl groups is 1. The minimum atomic E-state index is -0.290. The number of ether oxygens (including phenoxy) is 1. The second-order valence-corrected chi connectivity index (χ2v) is 6.19. The van der Waals surface area contributed by atoms with Crippen molar-refractivity contribution < 1.29 is 9.84 Å². The van der Waals surface area contributed by atoms with Gasteiger partial charge in [0, 0.05) is 16.9 Å². The van der Waals surface area contributed by atoms with Crippen LogP contribution in [0.3, 0.4) is 0 Å². The van der Waals surface area contributed by atoms with E-state index in [0.717, 1.165) is 35.2 Å². The fraction of sp³-hybridized carbons (Fsp3) is 0.375. The monoisotopic (exact) mass is 335 g/mol. The minimum absolute atomic E-state index is 0.290. The number of benzene rings is 1. The molecular weight excluding hydrogens is 318 g/mol. The van der Waals surface area contributed by atoms with Crippen LogP contribution in [0.15, 0.2) is 47.2 Å². The summed E-state index contributed by atoms with van der Waals surface area (Å²) in [5.74, 6) is 1.34. The van der Waals surface area contributed by atoms with Gasteiger partial charge < -0.3 is 14.4 Å². The molecule has 1 N–H and O–H groups in total. The maximum Gasteiger partial charge on any atom is 0.120 e. The van der Waals surface area contributed by atoms with Crippen molar-refractivity contribution >= 4 is 15.9 Å². The summed E-state index contributed by atoms with van der Waals surface area (Å²) in [6, 6.07) is 9.84. The highest BCUT2D eigenvalue weighted by Gasteiger charge is 2.31. The summed E-state index contributed by atoms with van der Waals surface area (Å²) < 4.78 is 8.79. The molecule has 0 spiro atoms. The third-order valence-corrected chi connectivity index (χ3v) is 4.09. The number of rotatable bonds is 6. The van der Waals surface area contributed by atoms with E-state index in [0.29, 0.717) is 12.5 Å². The first-order valence-electron chi connectivity index (χ1n) is 6.94. The van der Waals surface area contributed by atoms with E-state index in [9.17, 15) is 5.11 Å². The van der Waals surface area contributed by atoms with Crippen LogP contribution in [0.1, 0.15) is 24.5 Å². The Bertz CT molecular complexity index is 577. The Kier molecular flexibility index (Phi) is 4.13. The molecule has 0 saturated heterocycles. The SMILES string of the molecule is OC(c1ccn(CCOc2cccc(Br)c2)c1)C1CC1. The predicted molar refractivity (Wildman–Crippen MR) is 81.8 cm³/mol. The zero-order chi connectivity index (χ0) is 13.9. The molecule has 1 heterocycles. The third-order valence-electron chi connectivity index (χ3n) is 3.60. The second-order valence-electron chi connectivity index (χ2n) is 5.27. The van der Waals surface area contributed by atoms with Gasteiger partial charge in [0.2, 0.25) is 0 Å². The van der Waals surface area contributed by atoms with E-state index in [1.165, 1.54) is 0 Å². The van der Waals surface area contributed by atoms with E-state index < -0.39 is 0 Å². The molecule has 20 heavy (non-hydrogen) atoms. The quantitative estimate of drug-likeness (QED) is 0.871. The number of aliphatic hydroxyl groups excluding tert-OH is 1. The fourth-order valence-electron chi connectivity index (χ4n) is 2.28. The third kappa shape index (κ3) is 3.44. The maximum atomic E-state index is 10.1. The summed E-state index contributed by atoms with van der Waals surface area (Å²) in [7, 11) is 0. The Labute approximate surface area is 127 Å². The highest BCUT2D eigenvalue weighted by atomic mass is 79.9. The largest absolute Gasteiger partial charge is 0.492 e. The molecule has 1 fully saturated rings. The van der Waals surface area contributed by atoms with Crippen LogP contribution < -0.4 is 4.74 Å². The van der Waals surface area contributed by atoms with Crippen molar-refractivity contribution in [2.75, 3.05) is 6.61 Å². The molecule has 0 amide bonds. The van der Waals surface area contributed by atoms with Crippen LogP contribution in [-0.4, -0.2) is 16.3 Å². The predicted octanol–water partition coefficient (Wildman–Crippen LogP) is 3.77. The van der Waals surface area contributed by atoms with Crippen molar-refractivity contribution in [1.29, 1.82) is 0 Å². The second kappa shape index (κ2) is 6.02. The van der Waals surface area contributed by atoms with Crippen LogP contribution in [0.2, 0.25) is 0 Å². The van der Waals surface area contributed by atoms with Crippen LogP contribution in [-0.2, 0) is 6.54 Å². The summed E-state index contributed by atoms with van der Waals surface area (Å²) in [6.45, 7) is 1.40. The van der Waals surface area contributed by atoms with Crippen LogP contribution >= 0.6 is 15.9 Å². The first-order valence-corrected chi connectivity index (χ1v) is 7.74. The van der Waals surface area contributed by atoms with Gasteiger partial charge in [-0.05, 0) is 48.6 Å². The van der Waals surface area contributed by atoms with Crippen LogP contribution in [0.25, 0.3) is 0 Å². The maximum absolute atomic E-state index is 10.1. The topological polar surface area (TPSA) is 34.4 Å². The van der Waals surface area contributed by atoms with Crippen molar-refractivity contribution in [2.24, 2.45) is 5.92 Å². The zero-order valence-corrected chi connectivity index (χ0v) is 12.8. The van der Waals surface area contributed by atoms with Gasteiger partial charge in [-0.3, -0.25) is 0 Å². The number of halogens is 1. The van der Waals surface area contributed by atoms with Gasteiger partial charge >= 0.3 is 0 Å². The molecule has 106 valence electrons. The lowest BCUT2D eigenvalue weighted by Gasteiger charge is -2.08. The summed E-state index contributed by atoms with van der Waals surface area (Å²) in [4.78, 5) is 0. The highest BCUT2D eigenvalue weighted by molar-refractivity contribution is 9.10. The smallest absolute Gasteiger partial charge is 0.120 e. The lowest BCUT2D eigenvalue weighted by Crippen LogP contribution is -2.06. The van der Waals surface area contributed by atoms with Crippen molar-refractivity contribution in [2.45, 2.75) is 25.5 Å². The Balaban J connectivity index is 1.51. The van der Waals surface area contributed by atoms with E-state index in [1.807, 2.05) is 42.7 Å². The van der Waals surface area contributed by atoms with Gasteiger partial charge in [-0.2, -0.15) is 0 Å². The minimum Gasteiger partial charge on any atom is -0.492 e. The van der Waals surface area contributed by atoms with Gasteiger partial charge in [-0.25, -0.2) is 0 Å². The van der Waals surface area contributed by atoms with Crippen molar-refractivity contribution in [3.63, 3.8) is 0 Å². The highest BCUT2D eigenvalue weighted by Crippen LogP contribution is 2.40. The molecule has 1 saturated carbocycles. The number of hydrogen-bond acceptors (Lipinski definition) is 2. The Hall–Kier alpha value is -1.26. The lowest BCUT2D eigenvalue weighted by atomic mass is 10.1. The molecule has 3 rings (SSSR count). The molecular formula is C16H18BrNO2. The molecule has 1 aliphatic rings. The molecule has 1 unspecified atom stereocenters. The van der Waals surface area contributed by atoms with E-state index >= 15 is 0 Å². The molecule has 1 atom stereocenters. The lowest BCUT2D eigenvalue weighted by molar-refractivity contribution is 0.153. The van der Waals surface area contributed by atoms with Crippen LogP contribution in [0.4, 0.5) is 0 Å². The molecule has 4 heteroatoms. The first kappa shape index (κ1) is 13.7. The van der Waals surface area contributed by atoms with Crippen LogP contribution in [0, 0.1) is 5.92 Å². The summed E-state index contributed by atoms with van der Waals surface area (Å²) in [6.07, 6.45) is 6.04. The summed E-state index contributed by atoms with van der Waals surface area (Å²) >= 11 is 3.42.